The van der Waals surface area contributed by atoms with E-state index in [1.807, 2.05) is 60.7 Å². The minimum absolute atomic E-state index is 0.233. The van der Waals surface area contributed by atoms with E-state index in [2.05, 4.69) is 21.2 Å². The Hall–Kier alpha value is -4.70. The number of ether oxygens (including phenoxy) is 3. The van der Waals surface area contributed by atoms with Gasteiger partial charge in [-0.05, 0) is 55.4 Å². The molecule has 3 aromatic carbocycles. The van der Waals surface area contributed by atoms with Gasteiger partial charge >= 0.3 is 5.97 Å². The Balaban J connectivity index is 1.36. The number of esters is 1. The fourth-order valence-electron chi connectivity index (χ4n) is 4.04. The lowest BCUT2D eigenvalue weighted by atomic mass is 9.95. The SMILES string of the molecule is CCOC(=O)C1=C(C)NC(=S)N[C@H]1c1ccccc1OCC(=O)NN=Cc1cccc(OCc2ccccc2)c1. The highest BCUT2D eigenvalue weighted by Crippen LogP contribution is 2.33. The van der Waals surface area contributed by atoms with Crippen LogP contribution in [0.15, 0.2) is 95.2 Å². The third-order valence-corrected chi connectivity index (χ3v) is 6.08. The fourth-order valence-corrected chi connectivity index (χ4v) is 4.31. The van der Waals surface area contributed by atoms with Crippen molar-refractivity contribution in [2.75, 3.05) is 13.2 Å². The first-order chi connectivity index (χ1) is 19.4. The molecule has 0 spiro atoms. The van der Waals surface area contributed by atoms with E-state index >= 15 is 0 Å². The van der Waals surface area contributed by atoms with Crippen molar-refractivity contribution in [3.05, 3.63) is 107 Å². The summed E-state index contributed by atoms with van der Waals surface area (Å²) in [5.74, 6) is 0.191. The molecule has 0 unspecified atom stereocenters. The standard InChI is InChI=1S/C30H30N4O5S/c1-3-37-29(36)27-20(2)32-30(40)33-28(27)24-14-7-8-15-25(24)39-19-26(35)34-31-17-22-12-9-13-23(16-22)38-18-21-10-5-4-6-11-21/h4-17,28H,3,18-19H2,1-2H3,(H,34,35)(H2,32,33,40)/t28-/m0/s1. The molecular weight excluding hydrogens is 528 g/mol. The molecular formula is C30H30N4O5S. The Morgan fingerprint density at radius 3 is 2.60 bits per heavy atom. The van der Waals surface area contributed by atoms with Crippen molar-refractivity contribution in [3.8, 4) is 11.5 Å². The van der Waals surface area contributed by atoms with E-state index in [1.54, 1.807) is 32.0 Å². The summed E-state index contributed by atoms with van der Waals surface area (Å²) in [5, 5.41) is 10.5. The molecule has 10 heteroatoms. The summed E-state index contributed by atoms with van der Waals surface area (Å²) >= 11 is 5.31. The summed E-state index contributed by atoms with van der Waals surface area (Å²) in [6, 6.07) is 23.8. The molecule has 0 bridgehead atoms. The van der Waals surface area contributed by atoms with Crippen LogP contribution in [0.4, 0.5) is 0 Å². The highest BCUT2D eigenvalue weighted by molar-refractivity contribution is 7.80. The first kappa shape index (κ1) is 28.3. The first-order valence-electron chi connectivity index (χ1n) is 12.7. The predicted molar refractivity (Wildman–Crippen MR) is 156 cm³/mol. The van der Waals surface area contributed by atoms with E-state index in [-0.39, 0.29) is 13.2 Å². The van der Waals surface area contributed by atoms with E-state index < -0.39 is 17.9 Å². The van der Waals surface area contributed by atoms with Gasteiger partial charge in [-0.2, -0.15) is 5.10 Å². The number of hydrogen-bond donors (Lipinski definition) is 3. The molecule has 3 aromatic rings. The third kappa shape index (κ3) is 7.67. The van der Waals surface area contributed by atoms with Gasteiger partial charge in [-0.1, -0.05) is 60.7 Å². The zero-order chi connectivity index (χ0) is 28.3. The number of rotatable bonds is 11. The van der Waals surface area contributed by atoms with Crippen LogP contribution in [0.25, 0.3) is 0 Å². The van der Waals surface area contributed by atoms with Crippen LogP contribution in [-0.4, -0.2) is 36.4 Å². The molecule has 1 aliphatic rings. The number of hydrogen-bond acceptors (Lipinski definition) is 7. The molecule has 0 saturated heterocycles. The molecule has 1 atom stereocenters. The lowest BCUT2D eigenvalue weighted by Gasteiger charge is -2.30. The second-order valence-electron chi connectivity index (χ2n) is 8.76. The van der Waals surface area contributed by atoms with Crippen molar-refractivity contribution in [1.29, 1.82) is 0 Å². The highest BCUT2D eigenvalue weighted by Gasteiger charge is 2.32. The number of carbonyl (C=O) groups is 2. The van der Waals surface area contributed by atoms with Crippen LogP contribution in [0.2, 0.25) is 0 Å². The van der Waals surface area contributed by atoms with E-state index in [9.17, 15) is 9.59 Å². The Morgan fingerprint density at radius 2 is 1.80 bits per heavy atom. The van der Waals surface area contributed by atoms with Gasteiger partial charge in [0, 0.05) is 11.3 Å². The molecule has 9 nitrogen and oxygen atoms in total. The van der Waals surface area contributed by atoms with Crippen LogP contribution in [0.1, 0.15) is 36.6 Å². The van der Waals surface area contributed by atoms with Crippen molar-refractivity contribution in [3.63, 3.8) is 0 Å². The number of benzene rings is 3. The quantitative estimate of drug-likeness (QED) is 0.139. The monoisotopic (exact) mass is 558 g/mol. The lowest BCUT2D eigenvalue weighted by Crippen LogP contribution is -2.45. The number of thiocarbonyl (C=S) groups is 1. The Bertz CT molecular complexity index is 1420. The zero-order valence-corrected chi connectivity index (χ0v) is 23.0. The van der Waals surface area contributed by atoms with Crippen molar-refractivity contribution in [2.24, 2.45) is 5.10 Å². The summed E-state index contributed by atoms with van der Waals surface area (Å²) in [5.41, 5.74) is 5.91. The molecule has 4 rings (SSSR count). The van der Waals surface area contributed by atoms with Gasteiger partial charge in [0.1, 0.15) is 18.1 Å². The Labute approximate surface area is 238 Å². The van der Waals surface area contributed by atoms with E-state index in [1.165, 1.54) is 6.21 Å². The maximum Gasteiger partial charge on any atom is 0.338 e. The number of nitrogens with zero attached hydrogens (tertiary/aromatic N) is 1. The van der Waals surface area contributed by atoms with Crippen molar-refractivity contribution in [1.82, 2.24) is 16.1 Å². The second kappa shape index (κ2) is 13.9. The number of amides is 1. The molecule has 0 saturated carbocycles. The van der Waals surface area contributed by atoms with E-state index in [4.69, 9.17) is 26.4 Å². The topological polar surface area (TPSA) is 110 Å². The minimum Gasteiger partial charge on any atom is -0.489 e. The van der Waals surface area contributed by atoms with Gasteiger partial charge in [-0.15, -0.1) is 0 Å². The van der Waals surface area contributed by atoms with Crippen molar-refractivity contribution in [2.45, 2.75) is 26.5 Å². The smallest absolute Gasteiger partial charge is 0.338 e. The van der Waals surface area contributed by atoms with Crippen LogP contribution >= 0.6 is 12.2 Å². The third-order valence-electron chi connectivity index (χ3n) is 5.86. The molecule has 40 heavy (non-hydrogen) atoms. The van der Waals surface area contributed by atoms with Gasteiger partial charge in [-0.25, -0.2) is 10.2 Å². The average Bonchev–Trinajstić information content (AvgIpc) is 2.95. The maximum absolute atomic E-state index is 12.7. The van der Waals surface area contributed by atoms with Gasteiger partial charge in [0.2, 0.25) is 0 Å². The van der Waals surface area contributed by atoms with Crippen LogP contribution < -0.4 is 25.5 Å². The molecule has 0 radical (unpaired) electrons. The summed E-state index contributed by atoms with van der Waals surface area (Å²) in [6.45, 7) is 3.89. The predicted octanol–water partition coefficient (Wildman–Crippen LogP) is 4.15. The Kier molecular flexibility index (Phi) is 9.84. The number of nitrogens with one attached hydrogen (secondary N) is 3. The molecule has 1 amide bonds. The van der Waals surface area contributed by atoms with Gasteiger partial charge in [0.05, 0.1) is 24.4 Å². The van der Waals surface area contributed by atoms with Gasteiger partial charge in [0.15, 0.2) is 11.7 Å². The van der Waals surface area contributed by atoms with Crippen LogP contribution in [-0.2, 0) is 20.9 Å². The second-order valence-corrected chi connectivity index (χ2v) is 9.17. The van der Waals surface area contributed by atoms with Gasteiger partial charge in [-0.3, -0.25) is 4.79 Å². The number of para-hydroxylation sites is 1. The molecule has 0 aliphatic carbocycles. The van der Waals surface area contributed by atoms with E-state index in [0.717, 1.165) is 11.1 Å². The molecule has 0 fully saturated rings. The zero-order valence-electron chi connectivity index (χ0n) is 22.2. The lowest BCUT2D eigenvalue weighted by molar-refractivity contribution is -0.139. The number of hydrazone groups is 1. The van der Waals surface area contributed by atoms with Crippen molar-refractivity contribution < 1.29 is 23.8 Å². The van der Waals surface area contributed by atoms with Crippen molar-refractivity contribution >= 4 is 35.4 Å². The molecule has 1 heterocycles. The van der Waals surface area contributed by atoms with E-state index in [0.29, 0.717) is 40.1 Å². The number of allylic oxidation sites excluding steroid dienone is 1. The average molecular weight is 559 g/mol. The highest BCUT2D eigenvalue weighted by atomic mass is 32.1. The van der Waals surface area contributed by atoms with Crippen LogP contribution in [0.3, 0.4) is 0 Å². The largest absolute Gasteiger partial charge is 0.489 e. The molecule has 206 valence electrons. The molecule has 1 aliphatic heterocycles. The van der Waals surface area contributed by atoms with Crippen LogP contribution in [0.5, 0.6) is 11.5 Å². The maximum atomic E-state index is 12.7. The van der Waals surface area contributed by atoms with Gasteiger partial charge < -0.3 is 24.8 Å². The summed E-state index contributed by atoms with van der Waals surface area (Å²) in [6.07, 6.45) is 1.53. The number of carbonyl (C=O) groups excluding carboxylic acids is 2. The Morgan fingerprint density at radius 1 is 1.02 bits per heavy atom. The van der Waals surface area contributed by atoms with Crippen LogP contribution in [0, 0.1) is 0 Å². The minimum atomic E-state index is -0.610. The first-order valence-corrected chi connectivity index (χ1v) is 13.1. The summed E-state index contributed by atoms with van der Waals surface area (Å²) < 4.78 is 16.9. The fraction of sp³-hybridized carbons (Fsp3) is 0.200. The molecule has 3 N–H and O–H groups in total. The normalized spacial score (nSPS) is 14.8. The van der Waals surface area contributed by atoms with Gasteiger partial charge in [0.25, 0.3) is 5.91 Å². The summed E-state index contributed by atoms with van der Waals surface area (Å²) in [4.78, 5) is 25.2. The molecule has 0 aromatic heterocycles. The summed E-state index contributed by atoms with van der Waals surface area (Å²) in [7, 11) is 0.